The van der Waals surface area contributed by atoms with E-state index in [0.29, 0.717) is 10.6 Å². The number of hydrogen-bond acceptors (Lipinski definition) is 5. The smallest absolute Gasteiger partial charge is 0.350 e. The Balaban J connectivity index is 1.77. The van der Waals surface area contributed by atoms with Crippen LogP contribution in [0, 0.1) is 13.8 Å². The standard InChI is InChI=1S/C15H14N2O3S/c1-10-12(11(2)20-16-10)9-19-15(18)14-13(5-8-21-14)17-6-3-4-7-17/h3-8H,9H2,1-2H3. The van der Waals surface area contributed by atoms with E-state index in [0.717, 1.165) is 16.9 Å². The number of ether oxygens (including phenoxy) is 1. The number of thiophene rings is 1. The Bertz CT molecular complexity index is 736. The van der Waals surface area contributed by atoms with Crippen LogP contribution in [0.5, 0.6) is 0 Å². The quantitative estimate of drug-likeness (QED) is 0.692. The number of aryl methyl sites for hydroxylation is 2. The number of aromatic nitrogens is 2. The highest BCUT2D eigenvalue weighted by atomic mass is 32.1. The van der Waals surface area contributed by atoms with Crippen LogP contribution in [0.3, 0.4) is 0 Å². The summed E-state index contributed by atoms with van der Waals surface area (Å²) >= 11 is 1.37. The summed E-state index contributed by atoms with van der Waals surface area (Å²) in [4.78, 5) is 12.8. The van der Waals surface area contributed by atoms with Crippen LogP contribution in [0.25, 0.3) is 5.69 Å². The molecule has 0 aromatic carbocycles. The molecule has 0 fully saturated rings. The molecule has 0 bridgehead atoms. The van der Waals surface area contributed by atoms with E-state index < -0.39 is 0 Å². The molecule has 0 N–H and O–H groups in total. The van der Waals surface area contributed by atoms with Crippen LogP contribution < -0.4 is 0 Å². The van der Waals surface area contributed by atoms with E-state index in [1.165, 1.54) is 11.3 Å². The number of hydrogen-bond donors (Lipinski definition) is 0. The third kappa shape index (κ3) is 2.62. The Morgan fingerprint density at radius 2 is 2.14 bits per heavy atom. The van der Waals surface area contributed by atoms with Crippen molar-refractivity contribution < 1.29 is 14.1 Å². The van der Waals surface area contributed by atoms with Crippen LogP contribution in [0.15, 0.2) is 40.5 Å². The summed E-state index contributed by atoms with van der Waals surface area (Å²) < 4.78 is 12.3. The second-order valence-electron chi connectivity index (χ2n) is 4.60. The van der Waals surface area contributed by atoms with Crippen molar-refractivity contribution in [3.8, 4) is 5.69 Å². The van der Waals surface area contributed by atoms with Crippen molar-refractivity contribution in [2.75, 3.05) is 0 Å². The van der Waals surface area contributed by atoms with Gasteiger partial charge in [0.1, 0.15) is 17.2 Å². The van der Waals surface area contributed by atoms with Gasteiger partial charge in [-0.15, -0.1) is 11.3 Å². The molecule has 0 spiro atoms. The van der Waals surface area contributed by atoms with Gasteiger partial charge in [0.05, 0.1) is 16.9 Å². The average molecular weight is 302 g/mol. The van der Waals surface area contributed by atoms with Crippen LogP contribution >= 0.6 is 11.3 Å². The van der Waals surface area contributed by atoms with Crippen molar-refractivity contribution in [2.24, 2.45) is 0 Å². The molecule has 3 rings (SSSR count). The van der Waals surface area contributed by atoms with Crippen LogP contribution in [0.1, 0.15) is 26.7 Å². The first kappa shape index (κ1) is 13.6. The first-order chi connectivity index (χ1) is 10.2. The number of carbonyl (C=O) groups is 1. The van der Waals surface area contributed by atoms with Gasteiger partial charge in [0.25, 0.3) is 0 Å². The molecule has 21 heavy (non-hydrogen) atoms. The molecule has 0 unspecified atom stereocenters. The Morgan fingerprint density at radius 1 is 1.38 bits per heavy atom. The molecule has 0 amide bonds. The van der Waals surface area contributed by atoms with E-state index in [1.54, 1.807) is 6.92 Å². The molecular formula is C15H14N2O3S. The lowest BCUT2D eigenvalue weighted by molar-refractivity contribution is 0.0476. The van der Waals surface area contributed by atoms with Gasteiger partial charge in [0, 0.05) is 12.4 Å². The Kier molecular flexibility index (Phi) is 3.62. The van der Waals surface area contributed by atoms with Gasteiger partial charge in [-0.25, -0.2) is 4.79 Å². The maximum absolute atomic E-state index is 12.3. The highest BCUT2D eigenvalue weighted by Gasteiger charge is 2.18. The molecule has 0 aliphatic carbocycles. The lowest BCUT2D eigenvalue weighted by Crippen LogP contribution is -2.07. The number of nitrogens with zero attached hydrogens (tertiary/aromatic N) is 2. The molecule has 108 valence electrons. The Hall–Kier alpha value is -2.34. The summed E-state index contributed by atoms with van der Waals surface area (Å²) in [6.07, 6.45) is 3.79. The highest BCUT2D eigenvalue weighted by Crippen LogP contribution is 2.23. The first-order valence-corrected chi connectivity index (χ1v) is 7.34. The van der Waals surface area contributed by atoms with Gasteiger partial charge in [-0.1, -0.05) is 5.16 Å². The Morgan fingerprint density at radius 3 is 2.81 bits per heavy atom. The zero-order valence-corrected chi connectivity index (χ0v) is 12.5. The van der Waals surface area contributed by atoms with E-state index in [2.05, 4.69) is 5.16 Å². The Labute approximate surface area is 125 Å². The number of carbonyl (C=O) groups excluding carboxylic acids is 1. The first-order valence-electron chi connectivity index (χ1n) is 6.46. The van der Waals surface area contributed by atoms with Gasteiger partial charge in [-0.3, -0.25) is 0 Å². The van der Waals surface area contributed by atoms with Gasteiger partial charge in [-0.2, -0.15) is 0 Å². The zero-order chi connectivity index (χ0) is 14.8. The molecule has 5 nitrogen and oxygen atoms in total. The molecule has 0 radical (unpaired) electrons. The van der Waals surface area contributed by atoms with Crippen molar-refractivity contribution in [3.63, 3.8) is 0 Å². The lowest BCUT2D eigenvalue weighted by Gasteiger charge is -2.06. The molecule has 0 saturated heterocycles. The molecule has 0 aliphatic heterocycles. The minimum atomic E-state index is -0.339. The predicted molar refractivity (Wildman–Crippen MR) is 78.7 cm³/mol. The maximum Gasteiger partial charge on any atom is 0.350 e. The SMILES string of the molecule is Cc1noc(C)c1COC(=O)c1sccc1-n1cccc1. The van der Waals surface area contributed by atoms with Crippen molar-refractivity contribution >= 4 is 17.3 Å². The van der Waals surface area contributed by atoms with Crippen molar-refractivity contribution in [3.05, 3.63) is 57.9 Å². The lowest BCUT2D eigenvalue weighted by atomic mass is 10.2. The van der Waals surface area contributed by atoms with Crippen LogP contribution in [-0.2, 0) is 11.3 Å². The monoisotopic (exact) mass is 302 g/mol. The topological polar surface area (TPSA) is 57.3 Å². The summed E-state index contributed by atoms with van der Waals surface area (Å²) in [5, 5.41) is 5.72. The van der Waals surface area contributed by atoms with E-state index >= 15 is 0 Å². The van der Waals surface area contributed by atoms with Crippen molar-refractivity contribution in [1.82, 2.24) is 9.72 Å². The highest BCUT2D eigenvalue weighted by molar-refractivity contribution is 7.12. The van der Waals surface area contributed by atoms with Gasteiger partial charge in [0.15, 0.2) is 0 Å². The number of esters is 1. The fourth-order valence-electron chi connectivity index (χ4n) is 2.06. The number of rotatable bonds is 4. The molecule has 0 saturated carbocycles. The van der Waals surface area contributed by atoms with Crippen LogP contribution in [0.4, 0.5) is 0 Å². The fraction of sp³-hybridized carbons (Fsp3) is 0.200. The van der Waals surface area contributed by atoms with E-state index in [-0.39, 0.29) is 12.6 Å². The van der Waals surface area contributed by atoms with Crippen LogP contribution in [0.2, 0.25) is 0 Å². The fourth-order valence-corrected chi connectivity index (χ4v) is 2.85. The normalized spacial score (nSPS) is 10.8. The maximum atomic E-state index is 12.3. The van der Waals surface area contributed by atoms with E-state index in [1.807, 2.05) is 47.5 Å². The third-order valence-electron chi connectivity index (χ3n) is 3.24. The van der Waals surface area contributed by atoms with Crippen molar-refractivity contribution in [1.29, 1.82) is 0 Å². The summed E-state index contributed by atoms with van der Waals surface area (Å²) in [5.41, 5.74) is 2.40. The van der Waals surface area contributed by atoms with Gasteiger partial charge >= 0.3 is 5.97 Å². The summed E-state index contributed by atoms with van der Waals surface area (Å²) in [5.74, 6) is 0.339. The summed E-state index contributed by atoms with van der Waals surface area (Å²) in [6.45, 7) is 3.80. The molecule has 3 heterocycles. The third-order valence-corrected chi connectivity index (χ3v) is 4.12. The zero-order valence-electron chi connectivity index (χ0n) is 11.7. The van der Waals surface area contributed by atoms with Gasteiger partial charge < -0.3 is 13.8 Å². The second-order valence-corrected chi connectivity index (χ2v) is 5.52. The molecule has 0 aliphatic rings. The molecule has 0 atom stereocenters. The van der Waals surface area contributed by atoms with Gasteiger partial charge in [0.2, 0.25) is 0 Å². The molecule has 3 aromatic heterocycles. The summed E-state index contributed by atoms with van der Waals surface area (Å²) in [6, 6.07) is 5.73. The molecule has 6 heteroatoms. The van der Waals surface area contributed by atoms with Crippen LogP contribution in [-0.4, -0.2) is 15.7 Å². The minimum absolute atomic E-state index is 0.170. The van der Waals surface area contributed by atoms with E-state index in [9.17, 15) is 4.79 Å². The largest absolute Gasteiger partial charge is 0.456 e. The molecule has 3 aromatic rings. The second kappa shape index (κ2) is 5.57. The summed E-state index contributed by atoms with van der Waals surface area (Å²) in [7, 11) is 0. The van der Waals surface area contributed by atoms with Gasteiger partial charge in [-0.05, 0) is 37.4 Å². The predicted octanol–water partition coefficient (Wildman–Crippen LogP) is 3.50. The van der Waals surface area contributed by atoms with E-state index in [4.69, 9.17) is 9.26 Å². The minimum Gasteiger partial charge on any atom is -0.456 e. The average Bonchev–Trinajstić information content (AvgIpc) is 3.18. The van der Waals surface area contributed by atoms with Crippen molar-refractivity contribution in [2.45, 2.75) is 20.5 Å². The molecular weight excluding hydrogens is 288 g/mol.